The highest BCUT2D eigenvalue weighted by Crippen LogP contribution is 2.30. The molecule has 6 nitrogen and oxygen atoms in total. The van der Waals surface area contributed by atoms with E-state index < -0.39 is 5.97 Å². The van der Waals surface area contributed by atoms with Crippen molar-refractivity contribution in [1.29, 1.82) is 0 Å². The number of esters is 1. The number of nitrogens with zero attached hydrogens (tertiary/aromatic N) is 2. The Morgan fingerprint density at radius 3 is 2.60 bits per heavy atom. The molecule has 1 N–H and O–H groups in total. The first kappa shape index (κ1) is 17.0. The molecule has 0 radical (unpaired) electrons. The Morgan fingerprint density at radius 1 is 1.16 bits per heavy atom. The average molecular weight is 339 g/mol. The number of nitrogens with one attached hydrogen (secondary N) is 1. The minimum Gasteiger partial charge on any atom is -0.465 e. The third-order valence-corrected chi connectivity index (χ3v) is 4.23. The second-order valence-electron chi connectivity index (χ2n) is 6.04. The molecule has 1 aromatic carbocycles. The summed E-state index contributed by atoms with van der Waals surface area (Å²) in [5.74, 6) is -0.733. The molecule has 25 heavy (non-hydrogen) atoms. The maximum atomic E-state index is 12.6. The van der Waals surface area contributed by atoms with Crippen LogP contribution >= 0.6 is 0 Å². The number of hydrogen-bond donors (Lipinski definition) is 1. The van der Waals surface area contributed by atoms with E-state index in [1.54, 1.807) is 24.3 Å². The highest BCUT2D eigenvalue weighted by molar-refractivity contribution is 6.05. The molecule has 1 aliphatic rings. The summed E-state index contributed by atoms with van der Waals surface area (Å²) in [7, 11) is 1.34. The molecule has 1 amide bonds. The van der Waals surface area contributed by atoms with Crippen LogP contribution in [0.1, 0.15) is 39.4 Å². The lowest BCUT2D eigenvalue weighted by molar-refractivity contribution is 0.0600. The maximum Gasteiger partial charge on any atom is 0.337 e. The Morgan fingerprint density at radius 2 is 1.92 bits per heavy atom. The summed E-state index contributed by atoms with van der Waals surface area (Å²) in [5, 5.41) is 2.90. The summed E-state index contributed by atoms with van der Waals surface area (Å²) >= 11 is 0. The van der Waals surface area contributed by atoms with Crippen LogP contribution in [-0.4, -0.2) is 37.1 Å². The predicted octanol–water partition coefficient (Wildman–Crippen LogP) is 3.03. The summed E-state index contributed by atoms with van der Waals surface area (Å²) in [6, 6.07) is 10.5. The van der Waals surface area contributed by atoms with E-state index in [1.807, 2.05) is 19.1 Å². The number of amides is 1. The van der Waals surface area contributed by atoms with E-state index >= 15 is 0 Å². The summed E-state index contributed by atoms with van der Waals surface area (Å²) in [4.78, 5) is 30.9. The topological polar surface area (TPSA) is 71.5 Å². The predicted molar refractivity (Wildman–Crippen MR) is 96.2 cm³/mol. The first-order chi connectivity index (χ1) is 12.1. The lowest BCUT2D eigenvalue weighted by atomic mass is 10.1. The molecule has 2 heterocycles. The van der Waals surface area contributed by atoms with Gasteiger partial charge in [0.25, 0.3) is 5.91 Å². The Hall–Kier alpha value is -2.89. The van der Waals surface area contributed by atoms with Gasteiger partial charge in [0.1, 0.15) is 5.69 Å². The van der Waals surface area contributed by atoms with E-state index in [9.17, 15) is 9.59 Å². The SMILES string of the molecule is COC(=O)c1ccc(N2CCCC2)c(NC(=O)c2cccc(C)n2)c1. The van der Waals surface area contributed by atoms with Crippen molar-refractivity contribution < 1.29 is 14.3 Å². The zero-order chi connectivity index (χ0) is 17.8. The molecule has 1 saturated heterocycles. The zero-order valence-corrected chi connectivity index (χ0v) is 14.4. The van der Waals surface area contributed by atoms with Gasteiger partial charge in [-0.2, -0.15) is 0 Å². The molecular formula is C19H21N3O3. The second kappa shape index (κ2) is 7.34. The van der Waals surface area contributed by atoms with Crippen molar-refractivity contribution in [3.05, 3.63) is 53.3 Å². The van der Waals surface area contributed by atoms with Crippen LogP contribution in [0.5, 0.6) is 0 Å². The van der Waals surface area contributed by atoms with Crippen LogP contribution in [0.3, 0.4) is 0 Å². The molecule has 1 aliphatic heterocycles. The number of carbonyl (C=O) groups excluding carboxylic acids is 2. The van der Waals surface area contributed by atoms with E-state index in [4.69, 9.17) is 4.74 Å². The number of carbonyl (C=O) groups is 2. The van der Waals surface area contributed by atoms with Gasteiger partial charge >= 0.3 is 5.97 Å². The minimum atomic E-state index is -0.433. The zero-order valence-electron chi connectivity index (χ0n) is 14.4. The highest BCUT2D eigenvalue weighted by Gasteiger charge is 2.20. The van der Waals surface area contributed by atoms with Crippen molar-refractivity contribution in [3.8, 4) is 0 Å². The Kier molecular flexibility index (Phi) is 4.97. The smallest absolute Gasteiger partial charge is 0.337 e. The van der Waals surface area contributed by atoms with Gasteiger partial charge in [0.05, 0.1) is 24.0 Å². The van der Waals surface area contributed by atoms with Gasteiger partial charge in [0, 0.05) is 18.8 Å². The second-order valence-corrected chi connectivity index (χ2v) is 6.04. The Bertz CT molecular complexity index is 798. The number of pyridine rings is 1. The monoisotopic (exact) mass is 339 g/mol. The van der Waals surface area contributed by atoms with Crippen molar-refractivity contribution in [3.63, 3.8) is 0 Å². The fourth-order valence-electron chi connectivity index (χ4n) is 2.97. The van der Waals surface area contributed by atoms with Crippen molar-refractivity contribution in [2.75, 3.05) is 30.4 Å². The molecule has 0 unspecified atom stereocenters. The van der Waals surface area contributed by atoms with Gasteiger partial charge in [-0.05, 0) is 50.1 Å². The van der Waals surface area contributed by atoms with Crippen molar-refractivity contribution >= 4 is 23.3 Å². The normalized spacial score (nSPS) is 13.6. The molecule has 2 aromatic rings. The molecule has 0 aliphatic carbocycles. The Labute approximate surface area is 146 Å². The van der Waals surface area contributed by atoms with Gasteiger partial charge in [0.2, 0.25) is 0 Å². The molecule has 1 aromatic heterocycles. The van der Waals surface area contributed by atoms with E-state index in [2.05, 4.69) is 15.2 Å². The van der Waals surface area contributed by atoms with E-state index in [0.29, 0.717) is 16.9 Å². The number of aromatic nitrogens is 1. The van der Waals surface area contributed by atoms with Crippen LogP contribution in [0.25, 0.3) is 0 Å². The van der Waals surface area contributed by atoms with E-state index in [0.717, 1.165) is 37.3 Å². The highest BCUT2D eigenvalue weighted by atomic mass is 16.5. The third kappa shape index (κ3) is 3.79. The van der Waals surface area contributed by atoms with Crippen molar-refractivity contribution in [2.45, 2.75) is 19.8 Å². The molecule has 0 saturated carbocycles. The van der Waals surface area contributed by atoms with Crippen LogP contribution in [0.4, 0.5) is 11.4 Å². The Balaban J connectivity index is 1.93. The van der Waals surface area contributed by atoms with Gasteiger partial charge in [-0.15, -0.1) is 0 Å². The molecule has 3 rings (SSSR count). The van der Waals surface area contributed by atoms with Crippen molar-refractivity contribution in [1.82, 2.24) is 4.98 Å². The fraction of sp³-hybridized carbons (Fsp3) is 0.316. The summed E-state index contributed by atoms with van der Waals surface area (Å²) in [5.41, 5.74) is 3.02. The standard InChI is InChI=1S/C19H21N3O3/c1-13-6-5-7-15(20-13)18(23)21-16-12-14(19(24)25-2)8-9-17(16)22-10-3-4-11-22/h5-9,12H,3-4,10-11H2,1-2H3,(H,21,23). The van der Waals surface area contributed by atoms with Crippen LogP contribution in [0.2, 0.25) is 0 Å². The molecule has 0 bridgehead atoms. The molecule has 0 atom stereocenters. The molecular weight excluding hydrogens is 318 g/mol. The lowest BCUT2D eigenvalue weighted by Crippen LogP contribution is -2.22. The van der Waals surface area contributed by atoms with Crippen LogP contribution in [-0.2, 0) is 4.74 Å². The number of ether oxygens (including phenoxy) is 1. The van der Waals surface area contributed by atoms with Gasteiger partial charge in [0.15, 0.2) is 0 Å². The number of hydrogen-bond acceptors (Lipinski definition) is 5. The summed E-state index contributed by atoms with van der Waals surface area (Å²) in [6.07, 6.45) is 2.23. The lowest BCUT2D eigenvalue weighted by Gasteiger charge is -2.22. The number of methoxy groups -OCH3 is 1. The summed E-state index contributed by atoms with van der Waals surface area (Å²) in [6.45, 7) is 3.70. The number of aryl methyl sites for hydroxylation is 1. The average Bonchev–Trinajstić information content (AvgIpc) is 3.15. The minimum absolute atomic E-state index is 0.300. The maximum absolute atomic E-state index is 12.6. The van der Waals surface area contributed by atoms with Gasteiger partial charge < -0.3 is 15.0 Å². The molecule has 0 spiro atoms. The summed E-state index contributed by atoms with van der Waals surface area (Å²) < 4.78 is 4.78. The van der Waals surface area contributed by atoms with Gasteiger partial charge in [-0.3, -0.25) is 4.79 Å². The number of anilines is 2. The third-order valence-electron chi connectivity index (χ3n) is 4.23. The van der Waals surface area contributed by atoms with Crippen LogP contribution in [0.15, 0.2) is 36.4 Å². The van der Waals surface area contributed by atoms with Crippen LogP contribution in [0, 0.1) is 6.92 Å². The fourth-order valence-corrected chi connectivity index (χ4v) is 2.97. The molecule has 130 valence electrons. The number of rotatable bonds is 4. The first-order valence-corrected chi connectivity index (χ1v) is 8.31. The van der Waals surface area contributed by atoms with Gasteiger partial charge in [-0.1, -0.05) is 6.07 Å². The molecule has 6 heteroatoms. The largest absolute Gasteiger partial charge is 0.465 e. The van der Waals surface area contributed by atoms with E-state index in [-0.39, 0.29) is 5.91 Å². The van der Waals surface area contributed by atoms with E-state index in [1.165, 1.54) is 7.11 Å². The molecule has 1 fully saturated rings. The van der Waals surface area contributed by atoms with Crippen LogP contribution < -0.4 is 10.2 Å². The quantitative estimate of drug-likeness (QED) is 0.867. The first-order valence-electron chi connectivity index (χ1n) is 8.31. The number of benzene rings is 1. The van der Waals surface area contributed by atoms with Crippen molar-refractivity contribution in [2.24, 2.45) is 0 Å². The van der Waals surface area contributed by atoms with Gasteiger partial charge in [-0.25, -0.2) is 9.78 Å².